The van der Waals surface area contributed by atoms with E-state index in [1.807, 2.05) is 30.3 Å². The average Bonchev–Trinajstić information content (AvgIpc) is 2.66. The monoisotopic (exact) mass is 374 g/mol. The molecule has 0 aliphatic carbocycles. The molecule has 8 heteroatoms. The number of aromatic nitrogens is 2. The molecule has 1 aromatic heterocycles. The second kappa shape index (κ2) is 8.05. The van der Waals surface area contributed by atoms with E-state index in [4.69, 9.17) is 5.73 Å². The summed E-state index contributed by atoms with van der Waals surface area (Å²) >= 11 is 0. The van der Waals surface area contributed by atoms with Crippen molar-refractivity contribution in [2.75, 3.05) is 11.9 Å². The number of nitrogens with zero attached hydrogens (tertiary/aromatic N) is 2. The van der Waals surface area contributed by atoms with E-state index in [1.54, 1.807) is 6.07 Å². The van der Waals surface area contributed by atoms with Gasteiger partial charge in [0.15, 0.2) is 0 Å². The molecule has 5 nitrogen and oxygen atoms in total. The van der Waals surface area contributed by atoms with E-state index in [9.17, 15) is 13.2 Å². The summed E-state index contributed by atoms with van der Waals surface area (Å²) in [5, 5.41) is 3.15. The Balaban J connectivity index is 1.66. The predicted molar refractivity (Wildman–Crippen MR) is 96.0 cm³/mol. The molecule has 0 amide bonds. The Morgan fingerprint density at radius 2 is 1.70 bits per heavy atom. The maximum Gasteiger partial charge on any atom is 0.573 e. The summed E-state index contributed by atoms with van der Waals surface area (Å²) in [6.07, 6.45) is -3.34. The fourth-order valence-corrected chi connectivity index (χ4v) is 2.47. The van der Waals surface area contributed by atoms with E-state index >= 15 is 0 Å². The Hall–Kier alpha value is -3.13. The third kappa shape index (κ3) is 5.42. The van der Waals surface area contributed by atoms with Crippen molar-refractivity contribution in [3.63, 3.8) is 0 Å². The van der Waals surface area contributed by atoms with E-state index in [1.165, 1.54) is 30.6 Å². The highest BCUT2D eigenvalue weighted by molar-refractivity contribution is 5.62. The Labute approximate surface area is 154 Å². The van der Waals surface area contributed by atoms with Gasteiger partial charge in [-0.2, -0.15) is 0 Å². The molecular weight excluding hydrogens is 357 g/mol. The smallest absolute Gasteiger partial charge is 0.406 e. The molecule has 3 rings (SSSR count). The number of halogens is 3. The molecule has 0 radical (unpaired) electrons. The molecule has 0 saturated heterocycles. The van der Waals surface area contributed by atoms with Crippen LogP contribution in [0, 0.1) is 0 Å². The second-order valence-electron chi connectivity index (χ2n) is 5.76. The standard InChI is InChI=1S/C19H17F3N4O/c20-19(21,22)27-15-8-6-14(7-9-15)17-10-18(26-12-25-17)24-11-16(23)13-4-2-1-3-5-13/h1-10,12,16H,11,23H2,(H,24,25,26). The summed E-state index contributed by atoms with van der Waals surface area (Å²) in [7, 11) is 0. The molecular formula is C19H17F3N4O. The number of alkyl halides is 3. The van der Waals surface area contributed by atoms with Gasteiger partial charge in [0.1, 0.15) is 17.9 Å². The SMILES string of the molecule is NC(CNc1cc(-c2ccc(OC(F)(F)F)cc2)ncn1)c1ccccc1. The fourth-order valence-electron chi connectivity index (χ4n) is 2.47. The molecule has 1 unspecified atom stereocenters. The van der Waals surface area contributed by atoms with Crippen LogP contribution in [0.15, 0.2) is 67.0 Å². The van der Waals surface area contributed by atoms with Crippen LogP contribution < -0.4 is 15.8 Å². The van der Waals surface area contributed by atoms with Crippen molar-refractivity contribution in [2.45, 2.75) is 12.4 Å². The molecule has 1 heterocycles. The number of hydrogen-bond acceptors (Lipinski definition) is 5. The topological polar surface area (TPSA) is 73.1 Å². The zero-order valence-electron chi connectivity index (χ0n) is 14.1. The lowest BCUT2D eigenvalue weighted by Crippen LogP contribution is -2.20. The number of anilines is 1. The molecule has 0 fully saturated rings. The van der Waals surface area contributed by atoms with Crippen LogP contribution in [0.4, 0.5) is 19.0 Å². The van der Waals surface area contributed by atoms with E-state index < -0.39 is 6.36 Å². The third-order valence-electron chi connectivity index (χ3n) is 3.78. The van der Waals surface area contributed by atoms with Gasteiger partial charge in [0.25, 0.3) is 0 Å². The van der Waals surface area contributed by atoms with Crippen LogP contribution in [0.1, 0.15) is 11.6 Å². The normalized spacial score (nSPS) is 12.4. The van der Waals surface area contributed by atoms with Gasteiger partial charge in [0.05, 0.1) is 5.69 Å². The number of ether oxygens (including phenoxy) is 1. The lowest BCUT2D eigenvalue weighted by atomic mass is 10.1. The van der Waals surface area contributed by atoms with Gasteiger partial charge >= 0.3 is 6.36 Å². The largest absolute Gasteiger partial charge is 0.573 e. The van der Waals surface area contributed by atoms with Crippen LogP contribution in [0.3, 0.4) is 0 Å². The van der Waals surface area contributed by atoms with E-state index in [-0.39, 0.29) is 11.8 Å². The summed E-state index contributed by atoms with van der Waals surface area (Å²) in [6, 6.07) is 16.6. The number of rotatable bonds is 6. The Morgan fingerprint density at radius 3 is 2.37 bits per heavy atom. The van der Waals surface area contributed by atoms with Gasteiger partial charge in [-0.1, -0.05) is 30.3 Å². The summed E-state index contributed by atoms with van der Waals surface area (Å²) < 4.78 is 40.6. The first-order chi connectivity index (χ1) is 12.9. The fraction of sp³-hybridized carbons (Fsp3) is 0.158. The van der Waals surface area contributed by atoms with Crippen molar-refractivity contribution in [3.8, 4) is 17.0 Å². The minimum atomic E-state index is -4.72. The van der Waals surface area contributed by atoms with Crippen LogP contribution in [-0.2, 0) is 0 Å². The molecule has 0 spiro atoms. The molecule has 0 bridgehead atoms. The van der Waals surface area contributed by atoms with Crippen LogP contribution in [0.5, 0.6) is 5.75 Å². The molecule has 0 aliphatic heterocycles. The van der Waals surface area contributed by atoms with Gasteiger partial charge in [-0.15, -0.1) is 13.2 Å². The second-order valence-corrected chi connectivity index (χ2v) is 5.76. The van der Waals surface area contributed by atoms with Crippen LogP contribution in [0.2, 0.25) is 0 Å². The first kappa shape index (κ1) is 18.7. The van der Waals surface area contributed by atoms with Crippen LogP contribution >= 0.6 is 0 Å². The van der Waals surface area contributed by atoms with Gasteiger partial charge in [-0.25, -0.2) is 9.97 Å². The first-order valence-electron chi connectivity index (χ1n) is 8.13. The Kier molecular flexibility index (Phi) is 5.56. The molecule has 0 saturated carbocycles. The zero-order valence-corrected chi connectivity index (χ0v) is 14.1. The van der Waals surface area contributed by atoms with Gasteiger partial charge in [-0.05, 0) is 29.8 Å². The summed E-state index contributed by atoms with van der Waals surface area (Å²) in [5.41, 5.74) is 8.36. The van der Waals surface area contributed by atoms with E-state index in [2.05, 4.69) is 20.0 Å². The molecule has 27 heavy (non-hydrogen) atoms. The van der Waals surface area contributed by atoms with Crippen molar-refractivity contribution in [1.82, 2.24) is 9.97 Å². The maximum atomic E-state index is 12.2. The lowest BCUT2D eigenvalue weighted by molar-refractivity contribution is -0.274. The summed E-state index contributed by atoms with van der Waals surface area (Å²) in [6.45, 7) is 0.471. The minimum Gasteiger partial charge on any atom is -0.406 e. The van der Waals surface area contributed by atoms with Crippen molar-refractivity contribution in [3.05, 3.63) is 72.6 Å². The minimum absolute atomic E-state index is 0.205. The van der Waals surface area contributed by atoms with Crippen molar-refractivity contribution in [2.24, 2.45) is 5.73 Å². The highest BCUT2D eigenvalue weighted by Crippen LogP contribution is 2.26. The molecule has 1 atom stereocenters. The maximum absolute atomic E-state index is 12.2. The summed E-state index contributed by atoms with van der Waals surface area (Å²) in [4.78, 5) is 8.30. The number of nitrogens with two attached hydrogens (primary N) is 1. The molecule has 3 aromatic rings. The van der Waals surface area contributed by atoms with Gasteiger partial charge < -0.3 is 15.8 Å². The van der Waals surface area contributed by atoms with E-state index in [0.29, 0.717) is 23.6 Å². The van der Waals surface area contributed by atoms with Crippen molar-refractivity contribution >= 4 is 5.82 Å². The molecule has 0 aliphatic rings. The van der Waals surface area contributed by atoms with Gasteiger partial charge in [0, 0.05) is 24.2 Å². The Morgan fingerprint density at radius 1 is 1.00 bits per heavy atom. The Bertz CT molecular complexity index is 870. The number of benzene rings is 2. The first-order valence-corrected chi connectivity index (χ1v) is 8.13. The van der Waals surface area contributed by atoms with Crippen LogP contribution in [0.25, 0.3) is 11.3 Å². The zero-order chi connectivity index (χ0) is 19.3. The van der Waals surface area contributed by atoms with Gasteiger partial charge in [-0.3, -0.25) is 0 Å². The third-order valence-corrected chi connectivity index (χ3v) is 3.78. The molecule has 140 valence electrons. The quantitative estimate of drug-likeness (QED) is 0.678. The van der Waals surface area contributed by atoms with Crippen LogP contribution in [-0.4, -0.2) is 22.9 Å². The molecule has 3 N–H and O–H groups in total. The molecule has 2 aromatic carbocycles. The van der Waals surface area contributed by atoms with Crippen molar-refractivity contribution < 1.29 is 17.9 Å². The van der Waals surface area contributed by atoms with Crippen molar-refractivity contribution in [1.29, 1.82) is 0 Å². The highest BCUT2D eigenvalue weighted by Gasteiger charge is 2.30. The summed E-state index contributed by atoms with van der Waals surface area (Å²) in [5.74, 6) is 0.287. The number of hydrogen-bond donors (Lipinski definition) is 2. The highest BCUT2D eigenvalue weighted by atomic mass is 19.4. The lowest BCUT2D eigenvalue weighted by Gasteiger charge is -2.14. The number of nitrogens with one attached hydrogen (secondary N) is 1. The van der Waals surface area contributed by atoms with E-state index in [0.717, 1.165) is 5.56 Å². The average molecular weight is 374 g/mol. The predicted octanol–water partition coefficient (Wildman–Crippen LogP) is 4.15. The van der Waals surface area contributed by atoms with Gasteiger partial charge in [0.2, 0.25) is 0 Å².